The van der Waals surface area contributed by atoms with Crippen molar-refractivity contribution in [2.24, 2.45) is 0 Å². The maximum Gasteiger partial charge on any atom is 0.234 e. The fraction of sp³-hybridized carbons (Fsp3) is 0.350. The summed E-state index contributed by atoms with van der Waals surface area (Å²) in [6.07, 6.45) is 3.19. The molecular weight excluding hydrogens is 355 g/mol. The lowest BCUT2D eigenvalue weighted by Gasteiger charge is -2.27. The van der Waals surface area contributed by atoms with Gasteiger partial charge in [0, 0.05) is 6.54 Å². The van der Waals surface area contributed by atoms with Gasteiger partial charge in [-0.25, -0.2) is 0 Å². The van der Waals surface area contributed by atoms with Gasteiger partial charge in [-0.05, 0) is 49.1 Å². The molecule has 1 atom stereocenters. The van der Waals surface area contributed by atoms with Crippen LogP contribution in [0.2, 0.25) is 10.0 Å². The van der Waals surface area contributed by atoms with E-state index in [-0.39, 0.29) is 11.9 Å². The highest BCUT2D eigenvalue weighted by molar-refractivity contribution is 6.42. The van der Waals surface area contributed by atoms with Crippen molar-refractivity contribution in [3.8, 4) is 0 Å². The number of nitrogens with one attached hydrogen (secondary N) is 1. The van der Waals surface area contributed by atoms with Gasteiger partial charge >= 0.3 is 0 Å². The van der Waals surface area contributed by atoms with E-state index >= 15 is 0 Å². The van der Waals surface area contributed by atoms with Crippen LogP contribution in [0.3, 0.4) is 0 Å². The molecule has 0 fully saturated rings. The lowest BCUT2D eigenvalue weighted by molar-refractivity contribution is -0.122. The Bertz CT molecular complexity index is 763. The first-order chi connectivity index (χ1) is 12.0. The summed E-state index contributed by atoms with van der Waals surface area (Å²) in [4.78, 5) is 14.4. The van der Waals surface area contributed by atoms with E-state index in [0.717, 1.165) is 24.8 Å². The third kappa shape index (κ3) is 4.55. The molecule has 1 aliphatic carbocycles. The monoisotopic (exact) mass is 376 g/mol. The number of carbonyl (C=O) groups is 1. The average molecular weight is 377 g/mol. The van der Waals surface area contributed by atoms with Gasteiger partial charge in [-0.3, -0.25) is 9.69 Å². The maximum atomic E-state index is 12.5. The van der Waals surface area contributed by atoms with E-state index < -0.39 is 0 Å². The van der Waals surface area contributed by atoms with Crippen LogP contribution in [0.1, 0.15) is 35.6 Å². The average Bonchev–Trinajstić information content (AvgIpc) is 2.59. The van der Waals surface area contributed by atoms with Crippen LogP contribution < -0.4 is 5.32 Å². The van der Waals surface area contributed by atoms with Crippen LogP contribution in [0.25, 0.3) is 0 Å². The van der Waals surface area contributed by atoms with Crippen LogP contribution in [-0.4, -0.2) is 24.4 Å². The first-order valence-corrected chi connectivity index (χ1v) is 9.29. The number of nitrogens with zero attached hydrogens (tertiary/aromatic N) is 1. The fourth-order valence-electron chi connectivity index (χ4n) is 3.41. The standard InChI is InChI=1S/C20H22Cl2N2O/c1-24(12-15-8-4-10-17(21)20(15)22)13-19(25)23-18-11-5-7-14-6-2-3-9-16(14)18/h2-4,6,8-10,18H,5,7,11-13H2,1H3,(H,23,25). The van der Waals surface area contributed by atoms with E-state index in [2.05, 4.69) is 23.5 Å². The van der Waals surface area contributed by atoms with Gasteiger partial charge in [0.2, 0.25) is 5.91 Å². The summed E-state index contributed by atoms with van der Waals surface area (Å²) in [6, 6.07) is 14.1. The Labute approximate surface area is 158 Å². The number of carbonyl (C=O) groups excluding carboxylic acids is 1. The molecule has 0 spiro atoms. The number of aryl methyl sites for hydroxylation is 1. The highest BCUT2D eigenvalue weighted by atomic mass is 35.5. The topological polar surface area (TPSA) is 32.3 Å². The van der Waals surface area contributed by atoms with Crippen molar-refractivity contribution in [1.29, 1.82) is 0 Å². The van der Waals surface area contributed by atoms with E-state index in [4.69, 9.17) is 23.2 Å². The minimum Gasteiger partial charge on any atom is -0.348 e. The Morgan fingerprint density at radius 3 is 2.84 bits per heavy atom. The molecule has 5 heteroatoms. The van der Waals surface area contributed by atoms with Crippen LogP contribution in [0.5, 0.6) is 0 Å². The third-order valence-corrected chi connectivity index (χ3v) is 5.45. The number of amides is 1. The maximum absolute atomic E-state index is 12.5. The molecule has 0 heterocycles. The molecule has 3 rings (SSSR count). The van der Waals surface area contributed by atoms with Crippen molar-refractivity contribution in [3.63, 3.8) is 0 Å². The van der Waals surface area contributed by atoms with E-state index in [9.17, 15) is 4.79 Å². The molecule has 2 aromatic carbocycles. The predicted molar refractivity (Wildman–Crippen MR) is 103 cm³/mol. The number of fused-ring (bicyclic) bond motifs is 1. The number of hydrogen-bond acceptors (Lipinski definition) is 2. The second kappa shape index (κ2) is 8.22. The molecule has 0 radical (unpaired) electrons. The SMILES string of the molecule is CN(CC(=O)NC1CCCc2ccccc21)Cc1cccc(Cl)c1Cl. The molecule has 1 unspecified atom stereocenters. The van der Waals surface area contributed by atoms with Gasteiger partial charge in [0.25, 0.3) is 0 Å². The number of likely N-dealkylation sites (N-methyl/N-ethyl adjacent to an activating group) is 1. The highest BCUT2D eigenvalue weighted by Crippen LogP contribution is 2.29. The van der Waals surface area contributed by atoms with E-state index in [0.29, 0.717) is 23.1 Å². The van der Waals surface area contributed by atoms with Gasteiger partial charge in [-0.2, -0.15) is 0 Å². The van der Waals surface area contributed by atoms with Crippen molar-refractivity contribution >= 4 is 29.1 Å². The molecule has 25 heavy (non-hydrogen) atoms. The lowest BCUT2D eigenvalue weighted by Crippen LogP contribution is -2.38. The quantitative estimate of drug-likeness (QED) is 0.825. The van der Waals surface area contributed by atoms with Crippen LogP contribution in [0.4, 0.5) is 0 Å². The number of halogens is 2. The molecule has 1 N–H and O–H groups in total. The first kappa shape index (κ1) is 18.2. The van der Waals surface area contributed by atoms with Crippen LogP contribution >= 0.6 is 23.2 Å². The zero-order valence-electron chi connectivity index (χ0n) is 14.3. The summed E-state index contributed by atoms with van der Waals surface area (Å²) in [5.74, 6) is 0.0300. The molecular formula is C20H22Cl2N2O. The lowest BCUT2D eigenvalue weighted by atomic mass is 9.88. The van der Waals surface area contributed by atoms with Crippen molar-refractivity contribution in [3.05, 3.63) is 69.2 Å². The van der Waals surface area contributed by atoms with Gasteiger partial charge in [0.05, 0.1) is 22.6 Å². The third-order valence-electron chi connectivity index (χ3n) is 4.59. The highest BCUT2D eigenvalue weighted by Gasteiger charge is 2.21. The first-order valence-electron chi connectivity index (χ1n) is 8.53. The van der Waals surface area contributed by atoms with E-state index in [1.807, 2.05) is 30.1 Å². The van der Waals surface area contributed by atoms with Gasteiger partial charge in [0.15, 0.2) is 0 Å². The Morgan fingerprint density at radius 1 is 1.20 bits per heavy atom. The molecule has 2 aromatic rings. The Morgan fingerprint density at radius 2 is 2.00 bits per heavy atom. The zero-order valence-corrected chi connectivity index (χ0v) is 15.8. The summed E-state index contributed by atoms with van der Waals surface area (Å²) in [7, 11) is 1.91. The molecule has 0 bridgehead atoms. The number of rotatable bonds is 5. The smallest absolute Gasteiger partial charge is 0.234 e. The Hall–Kier alpha value is -1.55. The normalized spacial score (nSPS) is 16.6. The second-order valence-electron chi connectivity index (χ2n) is 6.60. The molecule has 1 amide bonds. The summed E-state index contributed by atoms with van der Waals surface area (Å²) in [5.41, 5.74) is 3.52. The fourth-order valence-corrected chi connectivity index (χ4v) is 3.79. The minimum absolute atomic E-state index is 0.0300. The summed E-state index contributed by atoms with van der Waals surface area (Å²) in [5, 5.41) is 4.27. The van der Waals surface area contributed by atoms with Crippen LogP contribution in [-0.2, 0) is 17.8 Å². The van der Waals surface area contributed by atoms with Crippen LogP contribution in [0.15, 0.2) is 42.5 Å². The van der Waals surface area contributed by atoms with Crippen molar-refractivity contribution in [2.45, 2.75) is 31.8 Å². The molecule has 0 aromatic heterocycles. The van der Waals surface area contributed by atoms with Gasteiger partial charge in [0.1, 0.15) is 0 Å². The van der Waals surface area contributed by atoms with E-state index in [1.165, 1.54) is 11.1 Å². The van der Waals surface area contributed by atoms with Gasteiger partial charge in [-0.15, -0.1) is 0 Å². The summed E-state index contributed by atoms with van der Waals surface area (Å²) >= 11 is 12.3. The number of hydrogen-bond donors (Lipinski definition) is 1. The Balaban J connectivity index is 1.59. The van der Waals surface area contributed by atoms with Crippen molar-refractivity contribution < 1.29 is 4.79 Å². The van der Waals surface area contributed by atoms with Gasteiger partial charge < -0.3 is 5.32 Å². The van der Waals surface area contributed by atoms with Crippen molar-refractivity contribution in [1.82, 2.24) is 10.2 Å². The molecule has 3 nitrogen and oxygen atoms in total. The minimum atomic E-state index is 0.0300. The summed E-state index contributed by atoms with van der Waals surface area (Å²) in [6.45, 7) is 0.898. The van der Waals surface area contributed by atoms with Crippen LogP contribution in [0, 0.1) is 0 Å². The van der Waals surface area contributed by atoms with Crippen molar-refractivity contribution in [2.75, 3.05) is 13.6 Å². The molecule has 0 saturated carbocycles. The second-order valence-corrected chi connectivity index (χ2v) is 7.38. The van der Waals surface area contributed by atoms with E-state index in [1.54, 1.807) is 6.07 Å². The molecule has 132 valence electrons. The molecule has 0 aliphatic heterocycles. The summed E-state index contributed by atoms with van der Waals surface area (Å²) < 4.78 is 0. The zero-order chi connectivity index (χ0) is 17.8. The van der Waals surface area contributed by atoms with Gasteiger partial charge in [-0.1, -0.05) is 59.6 Å². The largest absolute Gasteiger partial charge is 0.348 e. The predicted octanol–water partition coefficient (Wildman–Crippen LogP) is 4.62. The molecule has 0 saturated heterocycles. The number of benzene rings is 2. The molecule has 1 aliphatic rings. The Kier molecular flexibility index (Phi) is 6.00.